The molecule has 0 unspecified atom stereocenters. The van der Waals surface area contributed by atoms with Gasteiger partial charge in [0.15, 0.2) is 0 Å². The Morgan fingerprint density at radius 2 is 2.17 bits per heavy atom. The van der Waals surface area contributed by atoms with Crippen molar-refractivity contribution in [1.82, 2.24) is 10.3 Å². The largest absolute Gasteiger partial charge is 0.397 e. The number of rotatable bonds is 4. The van der Waals surface area contributed by atoms with Crippen LogP contribution < -0.4 is 11.1 Å². The predicted octanol–water partition coefficient (Wildman–Crippen LogP) is 0.628. The van der Waals surface area contributed by atoms with Gasteiger partial charge in [-0.3, -0.25) is 9.78 Å². The van der Waals surface area contributed by atoms with Crippen molar-refractivity contribution in [3.63, 3.8) is 0 Å². The molecule has 98 valence electrons. The lowest BCUT2D eigenvalue weighted by Gasteiger charge is -2.27. The fourth-order valence-corrected chi connectivity index (χ4v) is 2.42. The summed E-state index contributed by atoms with van der Waals surface area (Å²) in [5.41, 5.74) is 6.40. The third-order valence-electron chi connectivity index (χ3n) is 3.46. The molecule has 1 fully saturated rings. The Labute approximate surface area is 106 Å². The van der Waals surface area contributed by atoms with E-state index >= 15 is 0 Å². The van der Waals surface area contributed by atoms with Crippen molar-refractivity contribution in [2.24, 2.45) is 0 Å². The number of nitrogens with zero attached hydrogens (tertiary/aromatic N) is 1. The predicted molar refractivity (Wildman–Crippen MR) is 68.8 cm³/mol. The van der Waals surface area contributed by atoms with Gasteiger partial charge in [-0.15, -0.1) is 0 Å². The van der Waals surface area contributed by atoms with Gasteiger partial charge in [-0.1, -0.05) is 12.8 Å². The van der Waals surface area contributed by atoms with Gasteiger partial charge in [-0.25, -0.2) is 0 Å². The van der Waals surface area contributed by atoms with Gasteiger partial charge in [0.05, 0.1) is 30.5 Å². The first kappa shape index (κ1) is 12.8. The van der Waals surface area contributed by atoms with Gasteiger partial charge in [0.25, 0.3) is 0 Å². The highest BCUT2D eigenvalue weighted by atomic mass is 16.3. The average molecular weight is 249 g/mol. The second-order valence-electron chi connectivity index (χ2n) is 4.95. The van der Waals surface area contributed by atoms with E-state index in [1.165, 1.54) is 0 Å². The molecular formula is C13H19N3O2. The number of aliphatic hydroxyl groups is 1. The molecule has 1 aromatic heterocycles. The quantitative estimate of drug-likeness (QED) is 0.730. The van der Waals surface area contributed by atoms with Crippen LogP contribution >= 0.6 is 0 Å². The fraction of sp³-hybridized carbons (Fsp3) is 0.538. The number of carbonyl (C=O) groups excluding carboxylic acids is 1. The second-order valence-corrected chi connectivity index (χ2v) is 4.95. The molecule has 0 saturated heterocycles. The van der Waals surface area contributed by atoms with Gasteiger partial charge in [0.2, 0.25) is 5.91 Å². The number of aromatic nitrogens is 1. The van der Waals surface area contributed by atoms with E-state index < -0.39 is 5.54 Å². The molecule has 1 heterocycles. The lowest BCUT2D eigenvalue weighted by atomic mass is 9.98. The van der Waals surface area contributed by atoms with Crippen molar-refractivity contribution in [2.45, 2.75) is 37.6 Å². The number of aliphatic hydroxyl groups excluding tert-OH is 1. The molecule has 1 aliphatic rings. The SMILES string of the molecule is Nc1ccc(CC(=O)NC2(CO)CCCC2)nc1. The maximum Gasteiger partial charge on any atom is 0.226 e. The van der Waals surface area contributed by atoms with E-state index in [0.717, 1.165) is 25.7 Å². The van der Waals surface area contributed by atoms with Gasteiger partial charge < -0.3 is 16.2 Å². The number of hydrogen-bond donors (Lipinski definition) is 3. The second kappa shape index (κ2) is 5.35. The molecule has 1 saturated carbocycles. The van der Waals surface area contributed by atoms with E-state index in [2.05, 4.69) is 10.3 Å². The fourth-order valence-electron chi connectivity index (χ4n) is 2.42. The molecule has 1 amide bonds. The normalized spacial score (nSPS) is 17.6. The molecule has 5 nitrogen and oxygen atoms in total. The molecule has 4 N–H and O–H groups in total. The number of pyridine rings is 1. The molecular weight excluding hydrogens is 230 g/mol. The van der Waals surface area contributed by atoms with E-state index in [9.17, 15) is 9.90 Å². The Morgan fingerprint density at radius 3 is 2.72 bits per heavy atom. The highest BCUT2D eigenvalue weighted by Crippen LogP contribution is 2.29. The maximum atomic E-state index is 11.9. The third kappa shape index (κ3) is 2.98. The summed E-state index contributed by atoms with van der Waals surface area (Å²) >= 11 is 0. The summed E-state index contributed by atoms with van der Waals surface area (Å²) in [5.74, 6) is -0.0942. The Kier molecular flexibility index (Phi) is 3.81. The van der Waals surface area contributed by atoms with E-state index in [0.29, 0.717) is 11.4 Å². The zero-order chi connectivity index (χ0) is 13.0. The topological polar surface area (TPSA) is 88.2 Å². The number of anilines is 1. The van der Waals surface area contributed by atoms with Crippen molar-refractivity contribution in [3.8, 4) is 0 Å². The zero-order valence-corrected chi connectivity index (χ0v) is 10.4. The van der Waals surface area contributed by atoms with Crippen LogP contribution in [0, 0.1) is 0 Å². The number of amides is 1. The Morgan fingerprint density at radius 1 is 1.44 bits per heavy atom. The highest BCUT2D eigenvalue weighted by molar-refractivity contribution is 5.79. The number of nitrogens with one attached hydrogen (secondary N) is 1. The first-order valence-electron chi connectivity index (χ1n) is 6.26. The van der Waals surface area contributed by atoms with Crippen molar-refractivity contribution in [3.05, 3.63) is 24.0 Å². The first-order chi connectivity index (χ1) is 8.63. The first-order valence-corrected chi connectivity index (χ1v) is 6.26. The maximum absolute atomic E-state index is 11.9. The minimum atomic E-state index is -0.412. The molecule has 0 radical (unpaired) electrons. The molecule has 0 aliphatic heterocycles. The van der Waals surface area contributed by atoms with Gasteiger partial charge in [0.1, 0.15) is 0 Å². The van der Waals surface area contributed by atoms with Gasteiger partial charge in [-0.05, 0) is 25.0 Å². The summed E-state index contributed by atoms with van der Waals surface area (Å²) in [6, 6.07) is 3.47. The van der Waals surface area contributed by atoms with Crippen molar-refractivity contribution in [1.29, 1.82) is 0 Å². The molecule has 0 spiro atoms. The lowest BCUT2D eigenvalue weighted by molar-refractivity contribution is -0.123. The monoisotopic (exact) mass is 249 g/mol. The number of carbonyl (C=O) groups is 1. The summed E-state index contributed by atoms with van der Waals surface area (Å²) in [5, 5.41) is 12.4. The standard InChI is InChI=1S/C13H19N3O2/c14-10-3-4-11(15-8-10)7-12(18)16-13(9-17)5-1-2-6-13/h3-4,8,17H,1-2,5-7,9,14H2,(H,16,18). The third-order valence-corrected chi connectivity index (χ3v) is 3.46. The van der Waals surface area contributed by atoms with E-state index in [1.54, 1.807) is 18.3 Å². The summed E-state index contributed by atoms with van der Waals surface area (Å²) in [4.78, 5) is 16.0. The molecule has 2 rings (SSSR count). The minimum absolute atomic E-state index is 0.00784. The van der Waals surface area contributed by atoms with Crippen LogP contribution in [0.25, 0.3) is 0 Å². The highest BCUT2D eigenvalue weighted by Gasteiger charge is 2.34. The van der Waals surface area contributed by atoms with Crippen LogP contribution in [-0.4, -0.2) is 28.1 Å². The van der Waals surface area contributed by atoms with E-state index in [4.69, 9.17) is 5.73 Å². The lowest BCUT2D eigenvalue weighted by Crippen LogP contribution is -2.49. The van der Waals surface area contributed by atoms with Crippen LogP contribution in [0.4, 0.5) is 5.69 Å². The molecule has 0 bridgehead atoms. The number of hydrogen-bond acceptors (Lipinski definition) is 4. The Bertz CT molecular complexity index is 411. The van der Waals surface area contributed by atoms with Crippen molar-refractivity contribution in [2.75, 3.05) is 12.3 Å². The van der Waals surface area contributed by atoms with Crippen LogP contribution in [-0.2, 0) is 11.2 Å². The minimum Gasteiger partial charge on any atom is -0.397 e. The number of nitrogens with two attached hydrogens (primary N) is 1. The van der Waals surface area contributed by atoms with Crippen molar-refractivity contribution >= 4 is 11.6 Å². The van der Waals surface area contributed by atoms with Gasteiger partial charge in [0, 0.05) is 5.69 Å². The van der Waals surface area contributed by atoms with Crippen LogP contribution in [0.5, 0.6) is 0 Å². The Hall–Kier alpha value is -1.62. The Balaban J connectivity index is 1.94. The molecule has 1 aromatic rings. The molecule has 0 atom stereocenters. The van der Waals surface area contributed by atoms with Crippen molar-refractivity contribution < 1.29 is 9.90 Å². The number of nitrogen functional groups attached to an aromatic ring is 1. The van der Waals surface area contributed by atoms with E-state index in [-0.39, 0.29) is 18.9 Å². The molecule has 18 heavy (non-hydrogen) atoms. The summed E-state index contributed by atoms with van der Waals surface area (Å²) in [6.45, 7) is 0.00784. The zero-order valence-electron chi connectivity index (χ0n) is 10.4. The van der Waals surface area contributed by atoms with Crippen LogP contribution in [0.3, 0.4) is 0 Å². The smallest absolute Gasteiger partial charge is 0.226 e. The summed E-state index contributed by atoms with van der Waals surface area (Å²) in [7, 11) is 0. The molecule has 1 aliphatic carbocycles. The van der Waals surface area contributed by atoms with Crippen LogP contribution in [0.1, 0.15) is 31.4 Å². The molecule has 5 heteroatoms. The van der Waals surface area contributed by atoms with Gasteiger partial charge >= 0.3 is 0 Å². The molecule has 0 aromatic carbocycles. The average Bonchev–Trinajstić information content (AvgIpc) is 2.81. The van der Waals surface area contributed by atoms with Crippen LogP contribution in [0.15, 0.2) is 18.3 Å². The van der Waals surface area contributed by atoms with Crippen LogP contribution in [0.2, 0.25) is 0 Å². The van der Waals surface area contributed by atoms with Gasteiger partial charge in [-0.2, -0.15) is 0 Å². The summed E-state index contributed by atoms with van der Waals surface area (Å²) in [6.07, 6.45) is 5.58. The van der Waals surface area contributed by atoms with E-state index in [1.807, 2.05) is 0 Å². The summed E-state index contributed by atoms with van der Waals surface area (Å²) < 4.78 is 0.